The predicted molar refractivity (Wildman–Crippen MR) is 101 cm³/mol. The molecule has 0 aliphatic carbocycles. The second-order valence-corrected chi connectivity index (χ2v) is 7.44. The second-order valence-electron chi connectivity index (χ2n) is 6.66. The van der Waals surface area contributed by atoms with Crippen molar-refractivity contribution in [3.8, 4) is 11.3 Å². The lowest BCUT2D eigenvalue weighted by molar-refractivity contribution is -0.137. The largest absolute Gasteiger partial charge is 0.387 e. The molecule has 2 aromatic heterocycles. The molecule has 0 spiro atoms. The van der Waals surface area contributed by atoms with Crippen molar-refractivity contribution in [2.24, 2.45) is 7.05 Å². The van der Waals surface area contributed by atoms with E-state index >= 15 is 0 Å². The molecule has 1 aromatic carbocycles. The Balaban J connectivity index is 1.97. The van der Waals surface area contributed by atoms with E-state index in [1.807, 2.05) is 32.3 Å². The van der Waals surface area contributed by atoms with E-state index in [1.54, 1.807) is 9.58 Å². The van der Waals surface area contributed by atoms with Crippen molar-refractivity contribution in [1.29, 1.82) is 0 Å². The van der Waals surface area contributed by atoms with Gasteiger partial charge in [0.1, 0.15) is 6.61 Å². The van der Waals surface area contributed by atoms with Crippen LogP contribution in [0.25, 0.3) is 22.2 Å². The standard InChI is InChI=1S/C18H18Cl2N4O2/c1-9-5-14-11(7-24(9)15(26)8-25)16-10(13-3-4-23(2)22-13)6-12(19)17(20)18(16)21-14/h3-4,6,9,21,25H,5,7-8H2,1-2H3/t9-/m1/s1. The van der Waals surface area contributed by atoms with Gasteiger partial charge in [-0.2, -0.15) is 5.10 Å². The third-order valence-electron chi connectivity index (χ3n) is 4.97. The summed E-state index contributed by atoms with van der Waals surface area (Å²) >= 11 is 12.8. The number of aromatic amines is 1. The van der Waals surface area contributed by atoms with Crippen molar-refractivity contribution in [3.05, 3.63) is 39.6 Å². The third kappa shape index (κ3) is 2.60. The molecule has 0 radical (unpaired) electrons. The van der Waals surface area contributed by atoms with Gasteiger partial charge in [0.05, 0.1) is 21.3 Å². The molecule has 0 unspecified atom stereocenters. The average Bonchev–Trinajstić information content (AvgIpc) is 3.20. The molecule has 1 aliphatic rings. The molecule has 136 valence electrons. The minimum atomic E-state index is -0.498. The van der Waals surface area contributed by atoms with Gasteiger partial charge in [-0.05, 0) is 19.1 Å². The Morgan fingerprint density at radius 3 is 2.88 bits per heavy atom. The molecule has 26 heavy (non-hydrogen) atoms. The molecule has 4 rings (SSSR count). The van der Waals surface area contributed by atoms with Gasteiger partial charge in [0.15, 0.2) is 0 Å². The van der Waals surface area contributed by atoms with E-state index in [9.17, 15) is 9.90 Å². The first-order chi connectivity index (χ1) is 12.4. The number of halogens is 2. The van der Waals surface area contributed by atoms with Crippen molar-refractivity contribution in [2.45, 2.75) is 25.9 Å². The lowest BCUT2D eigenvalue weighted by Crippen LogP contribution is -2.43. The molecule has 3 heterocycles. The Morgan fingerprint density at radius 1 is 1.46 bits per heavy atom. The van der Waals surface area contributed by atoms with Crippen molar-refractivity contribution >= 4 is 40.0 Å². The first-order valence-corrected chi connectivity index (χ1v) is 9.08. The lowest BCUT2D eigenvalue weighted by Gasteiger charge is -2.33. The molecule has 0 bridgehead atoms. The number of carbonyl (C=O) groups is 1. The average molecular weight is 393 g/mol. The topological polar surface area (TPSA) is 74.2 Å². The summed E-state index contributed by atoms with van der Waals surface area (Å²) in [6.07, 6.45) is 2.53. The van der Waals surface area contributed by atoms with Gasteiger partial charge < -0.3 is 15.0 Å². The number of nitrogens with one attached hydrogen (secondary N) is 1. The first kappa shape index (κ1) is 17.4. The van der Waals surface area contributed by atoms with E-state index in [1.165, 1.54) is 0 Å². The number of rotatable bonds is 2. The molecule has 6 nitrogen and oxygen atoms in total. The Kier molecular flexibility index (Phi) is 4.22. The van der Waals surface area contributed by atoms with Crippen LogP contribution in [0.5, 0.6) is 0 Å². The minimum absolute atomic E-state index is 0.0113. The highest BCUT2D eigenvalue weighted by molar-refractivity contribution is 6.45. The van der Waals surface area contributed by atoms with Crippen molar-refractivity contribution in [3.63, 3.8) is 0 Å². The predicted octanol–water partition coefficient (Wildman–Crippen LogP) is 3.14. The summed E-state index contributed by atoms with van der Waals surface area (Å²) in [4.78, 5) is 17.2. The molecular formula is C18H18Cl2N4O2. The summed E-state index contributed by atoms with van der Waals surface area (Å²) in [5.74, 6) is -0.281. The molecule has 2 N–H and O–H groups in total. The summed E-state index contributed by atoms with van der Waals surface area (Å²) in [6.45, 7) is 1.88. The van der Waals surface area contributed by atoms with Crippen LogP contribution in [-0.4, -0.2) is 43.3 Å². The highest BCUT2D eigenvalue weighted by Crippen LogP contribution is 2.42. The lowest BCUT2D eigenvalue weighted by atomic mass is 9.96. The molecule has 1 atom stereocenters. The maximum absolute atomic E-state index is 12.1. The number of aliphatic hydroxyl groups excluding tert-OH is 1. The van der Waals surface area contributed by atoms with Gasteiger partial charge in [-0.3, -0.25) is 9.48 Å². The fraction of sp³-hybridized carbons (Fsp3) is 0.333. The highest BCUT2D eigenvalue weighted by atomic mass is 35.5. The number of H-pyrrole nitrogens is 1. The maximum atomic E-state index is 12.1. The molecule has 8 heteroatoms. The summed E-state index contributed by atoms with van der Waals surface area (Å²) in [7, 11) is 1.86. The number of benzene rings is 1. The van der Waals surface area contributed by atoms with Crippen LogP contribution in [0.3, 0.4) is 0 Å². The molecule has 0 saturated carbocycles. The smallest absolute Gasteiger partial charge is 0.248 e. The van der Waals surface area contributed by atoms with Crippen molar-refractivity contribution in [2.75, 3.05) is 6.61 Å². The fourth-order valence-corrected chi connectivity index (χ4v) is 4.10. The Hall–Kier alpha value is -2.02. The second kappa shape index (κ2) is 6.30. The van der Waals surface area contributed by atoms with Gasteiger partial charge in [-0.15, -0.1) is 0 Å². The number of nitrogens with zero attached hydrogens (tertiary/aromatic N) is 3. The fourth-order valence-electron chi connectivity index (χ4n) is 3.70. The van der Waals surface area contributed by atoms with Crippen LogP contribution < -0.4 is 0 Å². The zero-order valence-electron chi connectivity index (χ0n) is 14.4. The number of aryl methyl sites for hydroxylation is 1. The van der Waals surface area contributed by atoms with Crippen molar-refractivity contribution in [1.82, 2.24) is 19.7 Å². The van der Waals surface area contributed by atoms with Crippen LogP contribution >= 0.6 is 23.2 Å². The highest BCUT2D eigenvalue weighted by Gasteiger charge is 2.31. The van der Waals surface area contributed by atoms with Crippen LogP contribution in [0.2, 0.25) is 10.0 Å². The Bertz CT molecular complexity index is 1020. The van der Waals surface area contributed by atoms with E-state index in [-0.39, 0.29) is 11.9 Å². The summed E-state index contributed by atoms with van der Waals surface area (Å²) in [6, 6.07) is 3.72. The van der Waals surface area contributed by atoms with E-state index in [4.69, 9.17) is 23.2 Å². The van der Waals surface area contributed by atoms with Crippen molar-refractivity contribution < 1.29 is 9.90 Å². The summed E-state index contributed by atoms with van der Waals surface area (Å²) in [5.41, 5.74) is 4.46. The molecule has 1 amide bonds. The quantitative estimate of drug-likeness (QED) is 0.703. The van der Waals surface area contributed by atoms with Crippen LogP contribution in [0.15, 0.2) is 18.3 Å². The van der Waals surface area contributed by atoms with Crippen LogP contribution in [-0.2, 0) is 24.8 Å². The number of amides is 1. The Morgan fingerprint density at radius 2 is 2.23 bits per heavy atom. The van der Waals surface area contributed by atoms with Gasteiger partial charge in [-0.25, -0.2) is 0 Å². The van der Waals surface area contributed by atoms with Gasteiger partial charge in [0.2, 0.25) is 5.91 Å². The van der Waals surface area contributed by atoms with Gasteiger partial charge in [0, 0.05) is 54.5 Å². The summed E-state index contributed by atoms with van der Waals surface area (Å²) < 4.78 is 1.73. The van der Waals surface area contributed by atoms with E-state index in [2.05, 4.69) is 10.1 Å². The number of hydrogen-bond acceptors (Lipinski definition) is 3. The van der Waals surface area contributed by atoms with Crippen LogP contribution in [0, 0.1) is 0 Å². The summed E-state index contributed by atoms with van der Waals surface area (Å²) in [5, 5.41) is 15.6. The molecule has 1 aliphatic heterocycles. The monoisotopic (exact) mass is 392 g/mol. The van der Waals surface area contributed by atoms with Crippen LogP contribution in [0.1, 0.15) is 18.2 Å². The zero-order chi connectivity index (χ0) is 18.6. The Labute approximate surface area is 160 Å². The molecule has 0 saturated heterocycles. The van der Waals surface area contributed by atoms with E-state index < -0.39 is 6.61 Å². The normalized spacial score (nSPS) is 17.0. The zero-order valence-corrected chi connectivity index (χ0v) is 15.9. The minimum Gasteiger partial charge on any atom is -0.387 e. The van der Waals surface area contributed by atoms with Gasteiger partial charge >= 0.3 is 0 Å². The van der Waals surface area contributed by atoms with E-state index in [0.717, 1.165) is 33.4 Å². The van der Waals surface area contributed by atoms with Gasteiger partial charge in [0.25, 0.3) is 0 Å². The number of carbonyl (C=O) groups excluding carboxylic acids is 1. The SMILES string of the molecule is C[C@@H]1Cc2[nH]c3c(Cl)c(Cl)cc(-c4ccn(C)n4)c3c2CN1C(=O)CO. The molecule has 0 fully saturated rings. The first-order valence-electron chi connectivity index (χ1n) is 8.32. The van der Waals surface area contributed by atoms with Gasteiger partial charge in [-0.1, -0.05) is 23.2 Å². The molecule has 3 aromatic rings. The number of aliphatic hydroxyl groups is 1. The maximum Gasteiger partial charge on any atom is 0.248 e. The van der Waals surface area contributed by atoms with E-state index in [0.29, 0.717) is 23.0 Å². The number of hydrogen-bond donors (Lipinski definition) is 2. The number of aromatic nitrogens is 3. The third-order valence-corrected chi connectivity index (χ3v) is 5.75. The molecular weight excluding hydrogens is 375 g/mol. The number of fused-ring (bicyclic) bond motifs is 3. The van der Waals surface area contributed by atoms with Crippen LogP contribution in [0.4, 0.5) is 0 Å².